The van der Waals surface area contributed by atoms with E-state index in [-0.39, 0.29) is 12.6 Å². The molecule has 1 aromatic rings. The Morgan fingerprint density at radius 1 is 1.35 bits per heavy atom. The fourth-order valence-corrected chi connectivity index (χ4v) is 3.00. The zero-order valence-corrected chi connectivity index (χ0v) is 14.2. The van der Waals surface area contributed by atoms with Gasteiger partial charge < -0.3 is 14.3 Å². The Morgan fingerprint density at radius 2 is 2.00 bits per heavy atom. The highest BCUT2D eigenvalue weighted by Crippen LogP contribution is 2.35. The normalized spacial score (nSPS) is 23.1. The van der Waals surface area contributed by atoms with Crippen molar-refractivity contribution in [2.45, 2.75) is 58.6 Å². The topological polar surface area (TPSA) is 55.8 Å². The van der Waals surface area contributed by atoms with Gasteiger partial charge in [-0.2, -0.15) is 0 Å². The second-order valence-electron chi connectivity index (χ2n) is 6.77. The summed E-state index contributed by atoms with van der Waals surface area (Å²) in [6.07, 6.45) is 0.401. The lowest BCUT2D eigenvalue weighted by molar-refractivity contribution is -0.123. The smallest absolute Gasteiger partial charge is 0.412 e. The summed E-state index contributed by atoms with van der Waals surface area (Å²) in [6, 6.07) is 9.21. The molecule has 5 nitrogen and oxygen atoms in total. The molecule has 1 saturated heterocycles. The summed E-state index contributed by atoms with van der Waals surface area (Å²) >= 11 is 0. The number of nitrogens with zero attached hydrogens (tertiary/aromatic N) is 1. The molecule has 23 heavy (non-hydrogen) atoms. The van der Waals surface area contributed by atoms with Crippen LogP contribution in [0.2, 0.25) is 0 Å². The highest BCUT2D eigenvalue weighted by atomic mass is 16.6. The van der Waals surface area contributed by atoms with Crippen molar-refractivity contribution in [3.8, 4) is 0 Å². The minimum absolute atomic E-state index is 0.201. The molecule has 0 N–H and O–H groups in total. The number of ether oxygens (including phenoxy) is 2. The molecule has 126 valence electrons. The van der Waals surface area contributed by atoms with Crippen molar-refractivity contribution < 1.29 is 19.1 Å². The zero-order valence-electron chi connectivity index (χ0n) is 14.2. The molecule has 1 aromatic carbocycles. The van der Waals surface area contributed by atoms with E-state index < -0.39 is 17.9 Å². The number of rotatable bonds is 5. The van der Waals surface area contributed by atoms with Gasteiger partial charge in [-0.15, -0.1) is 0 Å². The number of hydrogen-bond donors (Lipinski definition) is 0. The number of amides is 1. The molecule has 1 aliphatic heterocycles. The Morgan fingerprint density at radius 3 is 2.57 bits per heavy atom. The first-order valence-electron chi connectivity index (χ1n) is 7.98. The summed E-state index contributed by atoms with van der Waals surface area (Å²) in [6.45, 7) is 7.88. The van der Waals surface area contributed by atoms with Crippen LogP contribution in [0.1, 0.15) is 39.7 Å². The third-order valence-electron chi connectivity index (χ3n) is 3.96. The summed E-state index contributed by atoms with van der Waals surface area (Å²) in [7, 11) is 0. The van der Waals surface area contributed by atoms with Crippen LogP contribution in [0.3, 0.4) is 0 Å². The molecule has 1 amide bonds. The molecule has 0 aliphatic carbocycles. The highest BCUT2D eigenvalue weighted by Gasteiger charge is 2.50. The van der Waals surface area contributed by atoms with Crippen molar-refractivity contribution in [2.24, 2.45) is 5.92 Å². The first kappa shape index (κ1) is 17.5. The zero-order chi connectivity index (χ0) is 17.0. The van der Waals surface area contributed by atoms with Crippen LogP contribution in [0.25, 0.3) is 0 Å². The van der Waals surface area contributed by atoms with E-state index in [1.54, 1.807) is 18.7 Å². The molecule has 1 heterocycles. The van der Waals surface area contributed by atoms with Crippen molar-refractivity contribution in [1.29, 1.82) is 0 Å². The average Bonchev–Trinajstić information content (AvgIpc) is 2.75. The molecule has 0 spiro atoms. The summed E-state index contributed by atoms with van der Waals surface area (Å²) < 4.78 is 11.2. The Labute approximate surface area is 137 Å². The van der Waals surface area contributed by atoms with Gasteiger partial charge >= 0.3 is 6.09 Å². The van der Waals surface area contributed by atoms with Gasteiger partial charge in [0.1, 0.15) is 18.4 Å². The van der Waals surface area contributed by atoms with Crippen molar-refractivity contribution in [3.05, 3.63) is 35.9 Å². The number of carbonyl (C=O) groups excluding carboxylic acids is 2. The van der Waals surface area contributed by atoms with Crippen LogP contribution in [0.4, 0.5) is 4.79 Å². The summed E-state index contributed by atoms with van der Waals surface area (Å²) in [5.74, 6) is 0.337. The van der Waals surface area contributed by atoms with Crippen LogP contribution in [0.5, 0.6) is 0 Å². The van der Waals surface area contributed by atoms with Gasteiger partial charge in [-0.25, -0.2) is 4.79 Å². The predicted molar refractivity (Wildman–Crippen MR) is 86.7 cm³/mol. The van der Waals surface area contributed by atoms with Crippen molar-refractivity contribution >= 4 is 12.4 Å². The van der Waals surface area contributed by atoms with Crippen LogP contribution in [0.15, 0.2) is 30.3 Å². The maximum Gasteiger partial charge on any atom is 0.412 e. The monoisotopic (exact) mass is 319 g/mol. The maximum atomic E-state index is 12.6. The predicted octanol–water partition coefficient (Wildman–Crippen LogP) is 3.37. The number of hydrogen-bond acceptors (Lipinski definition) is 4. The first-order valence-corrected chi connectivity index (χ1v) is 7.98. The van der Waals surface area contributed by atoms with E-state index in [1.807, 2.05) is 30.3 Å². The van der Waals surface area contributed by atoms with E-state index in [1.165, 1.54) is 0 Å². The Hall–Kier alpha value is -1.88. The minimum atomic E-state index is -0.862. The van der Waals surface area contributed by atoms with Crippen molar-refractivity contribution in [3.63, 3.8) is 0 Å². The average molecular weight is 319 g/mol. The molecule has 2 atom stereocenters. The number of carbonyl (C=O) groups is 2. The minimum Gasteiger partial charge on any atom is -0.444 e. The Kier molecular flexibility index (Phi) is 5.42. The van der Waals surface area contributed by atoms with E-state index in [0.29, 0.717) is 12.3 Å². The first-order chi connectivity index (χ1) is 10.8. The Balaban J connectivity index is 2.12. The molecular formula is C18H25NO4. The standard InChI is InChI=1S/C18H25NO4/c1-13(2)10-15-16(11-20)23-18(3,4)19(15)17(21)22-12-14-8-6-5-7-9-14/h5-9,11,13,15-16H,10,12H2,1-4H3/t15-,16+/m0/s1. The van der Waals surface area contributed by atoms with Gasteiger partial charge in [-0.1, -0.05) is 44.2 Å². The molecule has 5 heteroatoms. The molecule has 0 saturated carbocycles. The fourth-order valence-electron chi connectivity index (χ4n) is 3.00. The van der Waals surface area contributed by atoms with Crippen LogP contribution >= 0.6 is 0 Å². The molecule has 1 fully saturated rings. The van der Waals surface area contributed by atoms with Gasteiger partial charge in [0.15, 0.2) is 6.29 Å². The van der Waals surface area contributed by atoms with Gasteiger partial charge in [0, 0.05) is 0 Å². The Bertz CT molecular complexity index is 541. The summed E-state index contributed by atoms with van der Waals surface area (Å²) in [5, 5.41) is 0. The molecular weight excluding hydrogens is 294 g/mol. The van der Waals surface area contributed by atoms with Gasteiger partial charge in [-0.3, -0.25) is 4.90 Å². The van der Waals surface area contributed by atoms with E-state index in [2.05, 4.69) is 13.8 Å². The van der Waals surface area contributed by atoms with E-state index in [0.717, 1.165) is 11.8 Å². The summed E-state index contributed by atoms with van der Waals surface area (Å²) in [4.78, 5) is 25.5. The summed E-state index contributed by atoms with van der Waals surface area (Å²) in [5.41, 5.74) is 0.0601. The SMILES string of the molecule is CC(C)C[C@H]1[C@@H](C=O)OC(C)(C)N1C(=O)OCc1ccccc1. The molecule has 0 aromatic heterocycles. The molecule has 2 rings (SSSR count). The van der Waals surface area contributed by atoms with Gasteiger partial charge in [-0.05, 0) is 31.7 Å². The second kappa shape index (κ2) is 7.13. The van der Waals surface area contributed by atoms with E-state index >= 15 is 0 Å². The maximum absolute atomic E-state index is 12.6. The van der Waals surface area contributed by atoms with Crippen LogP contribution in [-0.4, -0.2) is 35.2 Å². The van der Waals surface area contributed by atoms with Gasteiger partial charge in [0.25, 0.3) is 0 Å². The van der Waals surface area contributed by atoms with Crippen LogP contribution in [-0.2, 0) is 20.9 Å². The lowest BCUT2D eigenvalue weighted by atomic mass is 9.99. The van der Waals surface area contributed by atoms with Gasteiger partial charge in [0.05, 0.1) is 6.04 Å². The quantitative estimate of drug-likeness (QED) is 0.781. The van der Waals surface area contributed by atoms with Crippen molar-refractivity contribution in [2.75, 3.05) is 0 Å². The third kappa shape index (κ3) is 4.10. The van der Waals surface area contributed by atoms with E-state index in [4.69, 9.17) is 9.47 Å². The van der Waals surface area contributed by atoms with Gasteiger partial charge in [0.2, 0.25) is 0 Å². The van der Waals surface area contributed by atoms with E-state index in [9.17, 15) is 9.59 Å². The molecule has 0 radical (unpaired) electrons. The second-order valence-corrected chi connectivity index (χ2v) is 6.77. The molecule has 0 bridgehead atoms. The molecule has 1 aliphatic rings. The number of aldehydes is 1. The highest BCUT2D eigenvalue weighted by molar-refractivity contribution is 5.71. The van der Waals surface area contributed by atoms with Crippen LogP contribution in [0, 0.1) is 5.92 Å². The fraction of sp³-hybridized carbons (Fsp3) is 0.556. The van der Waals surface area contributed by atoms with Crippen molar-refractivity contribution in [1.82, 2.24) is 4.90 Å². The largest absolute Gasteiger partial charge is 0.444 e. The lowest BCUT2D eigenvalue weighted by Gasteiger charge is -2.33. The third-order valence-corrected chi connectivity index (χ3v) is 3.96. The number of benzene rings is 1. The molecule has 0 unspecified atom stereocenters. The lowest BCUT2D eigenvalue weighted by Crippen LogP contribution is -2.49. The van der Waals surface area contributed by atoms with Crippen LogP contribution < -0.4 is 0 Å².